The van der Waals surface area contributed by atoms with Crippen LogP contribution < -0.4 is 4.74 Å². The molecule has 2 rings (SSSR count). The van der Waals surface area contributed by atoms with Crippen LogP contribution in [0.15, 0.2) is 28.1 Å². The van der Waals surface area contributed by atoms with Gasteiger partial charge in [0.1, 0.15) is 0 Å². The number of ether oxygens (including phenoxy) is 1. The summed E-state index contributed by atoms with van der Waals surface area (Å²) in [5, 5.41) is 10.3. The van der Waals surface area contributed by atoms with Crippen LogP contribution in [0.5, 0.6) is 11.5 Å². The summed E-state index contributed by atoms with van der Waals surface area (Å²) < 4.78 is 5.07. The average molecular weight is 306 g/mol. The number of rotatable bonds is 4. The fraction of sp³-hybridized carbons (Fsp3) is 0.333. The van der Waals surface area contributed by atoms with E-state index in [1.165, 1.54) is 18.9 Å². The number of aliphatic imine (C=N–C) groups is 1. The van der Waals surface area contributed by atoms with E-state index in [2.05, 4.69) is 4.99 Å². The van der Waals surface area contributed by atoms with Crippen LogP contribution in [0.3, 0.4) is 0 Å². The highest BCUT2D eigenvalue weighted by atomic mass is 32.2. The molecule has 21 heavy (non-hydrogen) atoms. The summed E-state index contributed by atoms with van der Waals surface area (Å²) >= 11 is 1.37. The maximum absolute atomic E-state index is 12.3. The third kappa shape index (κ3) is 3.21. The van der Waals surface area contributed by atoms with E-state index in [1.54, 1.807) is 29.2 Å². The van der Waals surface area contributed by atoms with Crippen LogP contribution in [-0.4, -0.2) is 41.3 Å². The Bertz CT molecular complexity index is 611. The predicted octanol–water partition coefficient (Wildman–Crippen LogP) is 2.71. The van der Waals surface area contributed by atoms with E-state index in [-0.39, 0.29) is 11.7 Å². The number of nitrogens with zero attached hydrogens (tertiary/aromatic N) is 2. The molecule has 1 fully saturated rings. The average Bonchev–Trinajstić information content (AvgIpc) is 2.77. The van der Waals surface area contributed by atoms with Gasteiger partial charge in [0.05, 0.1) is 12.0 Å². The number of benzene rings is 1. The number of thioether (sulfide) groups is 1. The largest absolute Gasteiger partial charge is 0.504 e. The summed E-state index contributed by atoms with van der Waals surface area (Å²) in [4.78, 5) is 19.0. The zero-order valence-electron chi connectivity index (χ0n) is 12.3. The summed E-state index contributed by atoms with van der Waals surface area (Å²) in [6.45, 7) is 5.11. The number of phenolic OH excluding ortho intramolecular Hbond substituents is 1. The number of phenols is 1. The van der Waals surface area contributed by atoms with Crippen molar-refractivity contribution in [2.45, 2.75) is 13.8 Å². The number of carbonyl (C=O) groups excluding carboxylic acids is 1. The molecule has 0 radical (unpaired) electrons. The number of hydrogen-bond donors (Lipinski definition) is 1. The number of carbonyl (C=O) groups is 1. The summed E-state index contributed by atoms with van der Waals surface area (Å²) in [6.07, 6.45) is 1.79. The minimum atomic E-state index is -0.0401. The van der Waals surface area contributed by atoms with Gasteiger partial charge in [0.2, 0.25) is 0 Å². The number of aromatic hydroxyl groups is 1. The molecule has 0 atom stereocenters. The number of hydrogen-bond acceptors (Lipinski definition) is 5. The fourth-order valence-corrected chi connectivity index (χ4v) is 3.08. The molecule has 6 heteroatoms. The first kappa shape index (κ1) is 15.4. The fourth-order valence-electron chi connectivity index (χ4n) is 1.98. The molecule has 0 unspecified atom stereocenters. The lowest BCUT2D eigenvalue weighted by molar-refractivity contribution is -0.122. The van der Waals surface area contributed by atoms with E-state index in [4.69, 9.17) is 4.74 Å². The minimum absolute atomic E-state index is 0.0401. The zero-order valence-corrected chi connectivity index (χ0v) is 13.1. The molecule has 112 valence electrons. The van der Waals surface area contributed by atoms with Crippen LogP contribution in [0, 0.1) is 0 Å². The first-order valence-corrected chi connectivity index (χ1v) is 7.55. The van der Waals surface area contributed by atoms with Gasteiger partial charge in [0.25, 0.3) is 5.91 Å². The standard InChI is InChI=1S/C15H18N2O3S/c1-4-16-15-17(5-2)14(19)13(21-15)9-10-6-7-11(18)12(8-10)20-3/h6-9,18H,4-5H2,1-3H3/b13-9+,16-15?. The van der Waals surface area contributed by atoms with Gasteiger partial charge >= 0.3 is 0 Å². The molecular weight excluding hydrogens is 288 g/mol. The molecule has 1 saturated heterocycles. The maximum atomic E-state index is 12.3. The molecule has 0 spiro atoms. The molecule has 1 amide bonds. The topological polar surface area (TPSA) is 62.1 Å². The van der Waals surface area contributed by atoms with Crippen LogP contribution in [0.1, 0.15) is 19.4 Å². The molecule has 1 heterocycles. The molecule has 1 aromatic rings. The number of likely N-dealkylation sites (N-methyl/N-ethyl adjacent to an activating group) is 1. The van der Waals surface area contributed by atoms with Crippen LogP contribution >= 0.6 is 11.8 Å². The normalized spacial score (nSPS) is 18.8. The second-order valence-electron chi connectivity index (χ2n) is 4.35. The molecule has 0 bridgehead atoms. The molecule has 1 N–H and O–H groups in total. The second kappa shape index (κ2) is 6.67. The Balaban J connectivity index is 2.33. The van der Waals surface area contributed by atoms with Crippen molar-refractivity contribution >= 4 is 28.9 Å². The van der Waals surface area contributed by atoms with Crippen LogP contribution in [0.25, 0.3) is 6.08 Å². The van der Waals surface area contributed by atoms with Gasteiger partial charge < -0.3 is 9.84 Å². The second-order valence-corrected chi connectivity index (χ2v) is 5.36. The molecule has 1 aliphatic heterocycles. The van der Waals surface area contributed by atoms with Crippen LogP contribution in [-0.2, 0) is 4.79 Å². The molecule has 5 nitrogen and oxygen atoms in total. The van der Waals surface area contributed by atoms with E-state index >= 15 is 0 Å². The van der Waals surface area contributed by atoms with Gasteiger partial charge in [-0.3, -0.25) is 14.7 Å². The van der Waals surface area contributed by atoms with E-state index in [1.807, 2.05) is 13.8 Å². The molecule has 1 aromatic carbocycles. The highest BCUT2D eigenvalue weighted by Crippen LogP contribution is 2.34. The first-order chi connectivity index (χ1) is 10.1. The van der Waals surface area contributed by atoms with Gasteiger partial charge in [-0.05, 0) is 49.4 Å². The lowest BCUT2D eigenvalue weighted by Crippen LogP contribution is -2.28. The summed E-state index contributed by atoms with van der Waals surface area (Å²) in [5.41, 5.74) is 0.800. The summed E-state index contributed by atoms with van der Waals surface area (Å²) in [6, 6.07) is 4.99. The Morgan fingerprint density at radius 1 is 1.43 bits per heavy atom. The third-order valence-electron chi connectivity index (χ3n) is 3.00. The number of amidine groups is 1. The highest BCUT2D eigenvalue weighted by Gasteiger charge is 2.31. The minimum Gasteiger partial charge on any atom is -0.504 e. The van der Waals surface area contributed by atoms with Crippen molar-refractivity contribution in [3.8, 4) is 11.5 Å². The Hall–Kier alpha value is -1.95. The molecule has 0 aliphatic carbocycles. The van der Waals surface area contributed by atoms with Gasteiger partial charge in [-0.25, -0.2) is 0 Å². The van der Waals surface area contributed by atoms with E-state index in [0.29, 0.717) is 23.7 Å². The first-order valence-electron chi connectivity index (χ1n) is 6.73. The SMILES string of the molecule is CCN=C1S/C(=C/c2ccc(O)c(OC)c2)C(=O)N1CC. The number of methoxy groups -OCH3 is 1. The van der Waals surface area contributed by atoms with Crippen molar-refractivity contribution in [2.24, 2.45) is 4.99 Å². The van der Waals surface area contributed by atoms with Crippen molar-refractivity contribution in [2.75, 3.05) is 20.2 Å². The molecule has 0 aromatic heterocycles. The highest BCUT2D eigenvalue weighted by molar-refractivity contribution is 8.18. The Morgan fingerprint density at radius 3 is 2.81 bits per heavy atom. The summed E-state index contributed by atoms with van der Waals surface area (Å²) in [7, 11) is 1.49. The molecule has 0 saturated carbocycles. The monoisotopic (exact) mass is 306 g/mol. The lowest BCUT2D eigenvalue weighted by Gasteiger charge is -2.11. The zero-order chi connectivity index (χ0) is 15.4. The van der Waals surface area contributed by atoms with Crippen LogP contribution in [0.4, 0.5) is 0 Å². The van der Waals surface area contributed by atoms with E-state index in [0.717, 1.165) is 10.7 Å². The van der Waals surface area contributed by atoms with Gasteiger partial charge in [-0.1, -0.05) is 6.07 Å². The third-order valence-corrected chi connectivity index (χ3v) is 4.04. The van der Waals surface area contributed by atoms with E-state index < -0.39 is 0 Å². The van der Waals surface area contributed by atoms with E-state index in [9.17, 15) is 9.90 Å². The quantitative estimate of drug-likeness (QED) is 0.869. The molecule has 1 aliphatic rings. The Morgan fingerprint density at radius 2 is 2.19 bits per heavy atom. The van der Waals surface area contributed by atoms with Gasteiger partial charge in [-0.2, -0.15) is 0 Å². The predicted molar refractivity (Wildman–Crippen MR) is 85.6 cm³/mol. The van der Waals surface area contributed by atoms with Crippen LogP contribution in [0.2, 0.25) is 0 Å². The molecular formula is C15H18N2O3S. The van der Waals surface area contributed by atoms with Crippen molar-refractivity contribution in [3.63, 3.8) is 0 Å². The number of amides is 1. The smallest absolute Gasteiger partial charge is 0.266 e. The van der Waals surface area contributed by atoms with Crippen molar-refractivity contribution in [3.05, 3.63) is 28.7 Å². The van der Waals surface area contributed by atoms with Gasteiger partial charge in [0.15, 0.2) is 16.7 Å². The lowest BCUT2D eigenvalue weighted by atomic mass is 10.2. The van der Waals surface area contributed by atoms with Gasteiger partial charge in [0, 0.05) is 13.1 Å². The Kier molecular flexibility index (Phi) is 4.90. The van der Waals surface area contributed by atoms with Crippen molar-refractivity contribution < 1.29 is 14.6 Å². The summed E-state index contributed by atoms with van der Waals surface area (Å²) in [5.74, 6) is 0.421. The Labute approximate surface area is 128 Å². The van der Waals surface area contributed by atoms with Gasteiger partial charge in [-0.15, -0.1) is 0 Å². The maximum Gasteiger partial charge on any atom is 0.266 e. The van der Waals surface area contributed by atoms with Crippen molar-refractivity contribution in [1.82, 2.24) is 4.90 Å². The van der Waals surface area contributed by atoms with Crippen molar-refractivity contribution in [1.29, 1.82) is 0 Å².